The van der Waals surface area contributed by atoms with Gasteiger partial charge in [-0.05, 0) is 56.8 Å². The zero-order chi connectivity index (χ0) is 48.4. The molecule has 5 N–H and O–H groups in total. The van der Waals surface area contributed by atoms with Crippen molar-refractivity contribution in [1.29, 1.82) is 0 Å². The van der Waals surface area contributed by atoms with Crippen LogP contribution in [0.5, 0.6) is 0 Å². The van der Waals surface area contributed by atoms with Crippen molar-refractivity contribution >= 4 is 45.5 Å². The van der Waals surface area contributed by atoms with Gasteiger partial charge in [-0.1, -0.05) is 32.4 Å². The number of aromatic nitrogens is 3. The van der Waals surface area contributed by atoms with Gasteiger partial charge in [0.15, 0.2) is 5.82 Å². The average Bonchev–Trinajstić information content (AvgIpc) is 3.87. The van der Waals surface area contributed by atoms with Gasteiger partial charge in [0.25, 0.3) is 11.8 Å². The van der Waals surface area contributed by atoms with Gasteiger partial charge in [-0.3, -0.25) is 19.3 Å². The number of nitrogens with one attached hydrogen (secondary N) is 1. The third-order valence-corrected chi connectivity index (χ3v) is 12.2. The van der Waals surface area contributed by atoms with Crippen LogP contribution in [0.2, 0.25) is 0 Å². The molecule has 1 fully saturated rings. The number of carbonyl (C=O) groups excluding carboxylic acids is 3. The first-order valence-electron chi connectivity index (χ1n) is 24.6. The zero-order valence-corrected chi connectivity index (χ0v) is 40.6. The van der Waals surface area contributed by atoms with Crippen molar-refractivity contribution in [2.24, 2.45) is 5.41 Å². The topological polar surface area (TPSA) is 226 Å². The standard InChI is InChI=1S/C49H78N8O11/c1-3-4-9-42-53-46-47(57(42)36-49(2,37-58)38-59)40-11-10-39(35-41(40)52-48(46)50)8-7-17-55-20-18-54(19-21-55)16-6-5-15-51-43(60)14-23-63-25-27-65-29-31-67-33-34-68-32-30-66-28-26-64-24-22-56-44(61)12-13-45(56)62/h10-13,35,58-59H,3-9,14-34,36-38H2,1-2H3,(H2,50,52)(H,51,60). The van der Waals surface area contributed by atoms with Crippen LogP contribution in [0, 0.1) is 5.41 Å². The number of rotatable bonds is 37. The number of amides is 3. The molecule has 380 valence electrons. The summed E-state index contributed by atoms with van der Waals surface area (Å²) in [4.78, 5) is 51.1. The zero-order valence-electron chi connectivity index (χ0n) is 40.6. The first kappa shape index (κ1) is 54.8. The van der Waals surface area contributed by atoms with E-state index in [-0.39, 0.29) is 44.1 Å². The summed E-state index contributed by atoms with van der Waals surface area (Å²) >= 11 is 0. The molecule has 0 unspecified atom stereocenters. The summed E-state index contributed by atoms with van der Waals surface area (Å²) in [7, 11) is 0. The van der Waals surface area contributed by atoms with Crippen LogP contribution in [-0.2, 0) is 62.2 Å². The van der Waals surface area contributed by atoms with Gasteiger partial charge in [-0.25, -0.2) is 9.97 Å². The maximum atomic E-state index is 12.3. The molecule has 2 aliphatic heterocycles. The molecule has 1 saturated heterocycles. The number of aryl methyl sites for hydroxylation is 2. The molecule has 68 heavy (non-hydrogen) atoms. The highest BCUT2D eigenvalue weighted by Gasteiger charge is 2.28. The number of carbonyl (C=O) groups is 3. The van der Waals surface area contributed by atoms with E-state index in [1.165, 1.54) is 17.7 Å². The van der Waals surface area contributed by atoms with Crippen molar-refractivity contribution in [1.82, 2.24) is 34.6 Å². The second-order valence-corrected chi connectivity index (χ2v) is 17.8. The van der Waals surface area contributed by atoms with E-state index in [4.69, 9.17) is 44.1 Å². The Morgan fingerprint density at radius 3 is 1.85 bits per heavy atom. The number of nitrogen functional groups attached to an aromatic ring is 1. The number of unbranched alkanes of at least 4 members (excludes halogenated alkanes) is 2. The third-order valence-electron chi connectivity index (χ3n) is 12.2. The number of aliphatic hydroxyl groups excluding tert-OH is 2. The molecular formula is C49H78N8O11. The number of anilines is 1. The van der Waals surface area contributed by atoms with Gasteiger partial charge in [0.2, 0.25) is 5.91 Å². The van der Waals surface area contributed by atoms with Crippen LogP contribution in [0.4, 0.5) is 5.82 Å². The highest BCUT2D eigenvalue weighted by atomic mass is 16.6. The van der Waals surface area contributed by atoms with E-state index in [1.807, 2.05) is 6.92 Å². The molecule has 19 nitrogen and oxygen atoms in total. The predicted molar refractivity (Wildman–Crippen MR) is 259 cm³/mol. The van der Waals surface area contributed by atoms with Gasteiger partial charge >= 0.3 is 0 Å². The minimum Gasteiger partial charge on any atom is -0.396 e. The molecule has 2 aromatic heterocycles. The lowest BCUT2D eigenvalue weighted by Crippen LogP contribution is -2.46. The highest BCUT2D eigenvalue weighted by molar-refractivity contribution is 6.12. The van der Waals surface area contributed by atoms with Crippen molar-refractivity contribution in [2.45, 2.75) is 71.8 Å². The molecule has 2 aliphatic rings. The van der Waals surface area contributed by atoms with E-state index in [0.717, 1.165) is 111 Å². The number of nitrogens with zero attached hydrogens (tertiary/aromatic N) is 6. The smallest absolute Gasteiger partial charge is 0.253 e. The van der Waals surface area contributed by atoms with E-state index in [2.05, 4.69) is 44.8 Å². The minimum atomic E-state index is -0.693. The number of hydrogen-bond donors (Lipinski definition) is 4. The Balaban J connectivity index is 0.810. The Labute approximate surface area is 401 Å². The van der Waals surface area contributed by atoms with Crippen LogP contribution in [0.1, 0.15) is 63.8 Å². The quantitative estimate of drug-likeness (QED) is 0.0481. The van der Waals surface area contributed by atoms with Crippen molar-refractivity contribution in [3.05, 3.63) is 41.7 Å². The molecule has 1 aromatic carbocycles. The lowest BCUT2D eigenvalue weighted by molar-refractivity contribution is -0.137. The Kier molecular flexibility index (Phi) is 24.5. The number of aliphatic hydroxyl groups is 2. The number of fused-ring (bicyclic) bond motifs is 3. The fourth-order valence-electron chi connectivity index (χ4n) is 8.08. The first-order chi connectivity index (χ1) is 33.1. The van der Waals surface area contributed by atoms with Gasteiger partial charge in [-0.15, -0.1) is 0 Å². The number of benzene rings is 1. The van der Waals surface area contributed by atoms with Gasteiger partial charge in [0, 0.05) is 75.1 Å². The van der Waals surface area contributed by atoms with Gasteiger partial charge in [0.1, 0.15) is 11.3 Å². The lowest BCUT2D eigenvalue weighted by Gasteiger charge is -2.34. The molecule has 0 spiro atoms. The molecule has 3 amide bonds. The molecule has 3 aromatic rings. The second-order valence-electron chi connectivity index (χ2n) is 17.8. The SMILES string of the molecule is CCCCc1nc2c(N)nc3cc(CCCN4CCN(CCCCNC(=O)CCOCCOCCOCCOCCOCCOCCN5C(=O)C=CC5=O)CC4)ccc3c2n1CC(C)(CO)CO. The number of hydrogen-bond acceptors (Lipinski definition) is 16. The molecular weight excluding hydrogens is 877 g/mol. The molecule has 0 radical (unpaired) electrons. The Morgan fingerprint density at radius 2 is 1.28 bits per heavy atom. The van der Waals surface area contributed by atoms with Crippen LogP contribution in [0.15, 0.2) is 30.4 Å². The second kappa shape index (κ2) is 30.5. The molecule has 0 bridgehead atoms. The molecule has 5 rings (SSSR count). The van der Waals surface area contributed by atoms with Gasteiger partial charge in [-0.2, -0.15) is 0 Å². The van der Waals surface area contributed by atoms with Crippen LogP contribution >= 0.6 is 0 Å². The maximum absolute atomic E-state index is 12.3. The molecule has 0 atom stereocenters. The highest BCUT2D eigenvalue weighted by Crippen LogP contribution is 2.32. The van der Waals surface area contributed by atoms with Gasteiger partial charge < -0.3 is 64.1 Å². The normalized spacial score (nSPS) is 15.0. The number of nitrogens with two attached hydrogens (primary N) is 1. The molecule has 19 heteroatoms. The summed E-state index contributed by atoms with van der Waals surface area (Å²) in [5.41, 5.74) is 9.50. The average molecular weight is 955 g/mol. The molecule has 4 heterocycles. The van der Waals surface area contributed by atoms with Crippen LogP contribution in [-0.4, -0.2) is 202 Å². The number of piperazine rings is 1. The van der Waals surface area contributed by atoms with E-state index in [1.54, 1.807) is 0 Å². The summed E-state index contributed by atoms with van der Waals surface area (Å²) in [5, 5.41) is 24.2. The van der Waals surface area contributed by atoms with Crippen LogP contribution in [0.25, 0.3) is 21.9 Å². The van der Waals surface area contributed by atoms with Crippen molar-refractivity contribution in [3.8, 4) is 0 Å². The number of imidazole rings is 1. The Bertz CT molecular complexity index is 1990. The van der Waals surface area contributed by atoms with E-state index in [0.29, 0.717) is 104 Å². The van der Waals surface area contributed by atoms with E-state index in [9.17, 15) is 24.6 Å². The summed E-state index contributed by atoms with van der Waals surface area (Å²) in [6.07, 6.45) is 9.63. The fourth-order valence-corrected chi connectivity index (χ4v) is 8.08. The number of imide groups is 1. The lowest BCUT2D eigenvalue weighted by atomic mass is 9.92. The minimum absolute atomic E-state index is 0.00215. The van der Waals surface area contributed by atoms with E-state index >= 15 is 0 Å². The Hall–Kier alpha value is -4.15. The van der Waals surface area contributed by atoms with Crippen LogP contribution < -0.4 is 11.1 Å². The summed E-state index contributed by atoms with van der Waals surface area (Å²) in [6.45, 7) is 16.3. The summed E-state index contributed by atoms with van der Waals surface area (Å²) in [5.74, 6) is 0.695. The van der Waals surface area contributed by atoms with E-state index < -0.39 is 5.41 Å². The van der Waals surface area contributed by atoms with Gasteiger partial charge in [0.05, 0.1) is 110 Å². The summed E-state index contributed by atoms with van der Waals surface area (Å²) < 4.78 is 35.0. The maximum Gasteiger partial charge on any atom is 0.253 e. The number of pyridine rings is 1. The van der Waals surface area contributed by atoms with Crippen molar-refractivity contribution < 1.29 is 53.0 Å². The summed E-state index contributed by atoms with van der Waals surface area (Å²) in [6, 6.07) is 6.46. The van der Waals surface area contributed by atoms with Crippen LogP contribution in [0.3, 0.4) is 0 Å². The monoisotopic (exact) mass is 955 g/mol. The largest absolute Gasteiger partial charge is 0.396 e. The molecule has 0 saturated carbocycles. The third kappa shape index (κ3) is 18.3. The first-order valence-corrected chi connectivity index (χ1v) is 24.6. The fraction of sp³-hybridized carbons (Fsp3) is 0.694. The van der Waals surface area contributed by atoms with Crippen molar-refractivity contribution in [3.63, 3.8) is 0 Å². The number of ether oxygens (including phenoxy) is 6. The predicted octanol–water partition coefficient (Wildman–Crippen LogP) is 2.36. The molecule has 0 aliphatic carbocycles. The Morgan fingerprint density at radius 1 is 0.721 bits per heavy atom. The van der Waals surface area contributed by atoms with Crippen molar-refractivity contribution in [2.75, 3.05) is 151 Å².